The average molecular weight is 382 g/mol. The van der Waals surface area contributed by atoms with Gasteiger partial charge < -0.3 is 14.8 Å². The third kappa shape index (κ3) is 4.50. The number of ether oxygens (including phenoxy) is 2. The fraction of sp³-hybridized carbons (Fsp3) is 0.312. The molecule has 2 heterocycles. The minimum atomic E-state index is -3.63. The van der Waals surface area contributed by atoms with Crippen LogP contribution in [0.4, 0.5) is 0 Å². The molecule has 1 amide bonds. The van der Waals surface area contributed by atoms with E-state index in [1.807, 2.05) is 12.1 Å². The van der Waals surface area contributed by atoms with Gasteiger partial charge in [0.05, 0.1) is 13.1 Å². The van der Waals surface area contributed by atoms with Crippen LogP contribution in [0, 0.1) is 0 Å². The van der Waals surface area contributed by atoms with Gasteiger partial charge in [0.1, 0.15) is 16.9 Å². The van der Waals surface area contributed by atoms with Gasteiger partial charge in [-0.25, -0.2) is 13.1 Å². The first kappa shape index (κ1) is 17.7. The van der Waals surface area contributed by atoms with Crippen molar-refractivity contribution in [3.63, 3.8) is 0 Å². The van der Waals surface area contributed by atoms with Crippen LogP contribution in [0.1, 0.15) is 11.8 Å². The molecule has 0 aliphatic carbocycles. The van der Waals surface area contributed by atoms with Crippen LogP contribution < -0.4 is 19.5 Å². The van der Waals surface area contributed by atoms with Crippen LogP contribution in [0.5, 0.6) is 11.5 Å². The van der Waals surface area contributed by atoms with Gasteiger partial charge in [-0.1, -0.05) is 12.1 Å². The monoisotopic (exact) mass is 382 g/mol. The molecule has 3 rings (SSSR count). The molecule has 2 N–H and O–H groups in total. The number of rotatable bonds is 6. The van der Waals surface area contributed by atoms with E-state index in [9.17, 15) is 13.2 Å². The maximum atomic E-state index is 12.4. The SMILES string of the molecule is CC(=O)NCc1ccc(S(=O)(=O)NCC2COc3ccccc3O2)s1. The fourth-order valence-electron chi connectivity index (χ4n) is 2.25. The van der Waals surface area contributed by atoms with Crippen LogP contribution in [0.3, 0.4) is 0 Å². The number of nitrogens with one attached hydrogen (secondary N) is 2. The summed E-state index contributed by atoms with van der Waals surface area (Å²) >= 11 is 1.12. The van der Waals surface area contributed by atoms with Crippen molar-refractivity contribution in [1.82, 2.24) is 10.0 Å². The van der Waals surface area contributed by atoms with Gasteiger partial charge in [0.25, 0.3) is 0 Å². The van der Waals surface area contributed by atoms with Crippen molar-refractivity contribution in [3.05, 3.63) is 41.3 Å². The van der Waals surface area contributed by atoms with Gasteiger partial charge in [-0.3, -0.25) is 4.79 Å². The zero-order valence-corrected chi connectivity index (χ0v) is 15.2. The molecular formula is C16H18N2O5S2. The van der Waals surface area contributed by atoms with E-state index in [2.05, 4.69) is 10.0 Å². The predicted octanol–water partition coefficient (Wildman–Crippen LogP) is 1.50. The Kier molecular flexibility index (Phi) is 5.26. The van der Waals surface area contributed by atoms with E-state index >= 15 is 0 Å². The second-order valence-corrected chi connectivity index (χ2v) is 8.64. The fourth-order valence-corrected chi connectivity index (χ4v) is 4.65. The van der Waals surface area contributed by atoms with Crippen LogP contribution in [0.2, 0.25) is 0 Å². The molecule has 134 valence electrons. The number of para-hydroxylation sites is 2. The first-order valence-corrected chi connectivity index (χ1v) is 9.95. The van der Waals surface area contributed by atoms with Crippen molar-refractivity contribution in [2.45, 2.75) is 23.8 Å². The van der Waals surface area contributed by atoms with Gasteiger partial charge in [-0.15, -0.1) is 11.3 Å². The Morgan fingerprint density at radius 1 is 1.24 bits per heavy atom. The van der Waals surface area contributed by atoms with E-state index in [1.165, 1.54) is 13.0 Å². The van der Waals surface area contributed by atoms with Crippen LogP contribution in [-0.2, 0) is 21.4 Å². The molecule has 0 spiro atoms. The van der Waals surface area contributed by atoms with Gasteiger partial charge in [0, 0.05) is 11.8 Å². The first-order valence-electron chi connectivity index (χ1n) is 7.65. The molecule has 0 fully saturated rings. The third-order valence-electron chi connectivity index (χ3n) is 3.48. The van der Waals surface area contributed by atoms with Gasteiger partial charge in [0.15, 0.2) is 11.5 Å². The summed E-state index contributed by atoms with van der Waals surface area (Å²) in [6, 6.07) is 10.5. The van der Waals surface area contributed by atoms with Crippen molar-refractivity contribution >= 4 is 27.3 Å². The molecule has 25 heavy (non-hydrogen) atoms. The molecule has 0 saturated heterocycles. The summed E-state index contributed by atoms with van der Waals surface area (Å²) in [4.78, 5) is 11.7. The summed E-state index contributed by atoms with van der Waals surface area (Å²) in [6.45, 7) is 2.11. The molecule has 2 aromatic rings. The number of sulfonamides is 1. The quantitative estimate of drug-likeness (QED) is 0.790. The highest BCUT2D eigenvalue weighted by molar-refractivity contribution is 7.91. The lowest BCUT2D eigenvalue weighted by atomic mass is 10.2. The number of benzene rings is 1. The average Bonchev–Trinajstić information content (AvgIpc) is 3.08. The second-order valence-electron chi connectivity index (χ2n) is 5.48. The highest BCUT2D eigenvalue weighted by atomic mass is 32.2. The van der Waals surface area contributed by atoms with Crippen LogP contribution >= 0.6 is 11.3 Å². The Bertz CT molecular complexity index is 863. The van der Waals surface area contributed by atoms with Crippen LogP contribution in [0.25, 0.3) is 0 Å². The van der Waals surface area contributed by atoms with E-state index < -0.39 is 16.1 Å². The third-order valence-corrected chi connectivity index (χ3v) is 6.48. The number of carbonyl (C=O) groups is 1. The van der Waals surface area contributed by atoms with Gasteiger partial charge in [0.2, 0.25) is 15.9 Å². The maximum absolute atomic E-state index is 12.4. The molecule has 0 radical (unpaired) electrons. The topological polar surface area (TPSA) is 93.7 Å². The Balaban J connectivity index is 1.58. The largest absolute Gasteiger partial charge is 0.486 e. The standard InChI is InChI=1S/C16H18N2O5S2/c1-11(19)17-9-13-6-7-16(24-13)25(20,21)18-8-12-10-22-14-4-2-3-5-15(14)23-12/h2-7,12,18H,8-10H2,1H3,(H,17,19). The molecule has 0 bridgehead atoms. The van der Waals surface area contributed by atoms with Crippen molar-refractivity contribution < 1.29 is 22.7 Å². The number of amides is 1. The van der Waals surface area contributed by atoms with Gasteiger partial charge >= 0.3 is 0 Å². The molecule has 1 aromatic carbocycles. The predicted molar refractivity (Wildman–Crippen MR) is 93.4 cm³/mol. The summed E-state index contributed by atoms with van der Waals surface area (Å²) < 4.78 is 38.8. The number of carbonyl (C=O) groups excluding carboxylic acids is 1. The molecule has 1 aromatic heterocycles. The number of thiophene rings is 1. The van der Waals surface area contributed by atoms with Crippen LogP contribution in [0.15, 0.2) is 40.6 Å². The lowest BCUT2D eigenvalue weighted by Crippen LogP contribution is -2.40. The van der Waals surface area contributed by atoms with E-state index in [0.29, 0.717) is 18.0 Å². The minimum Gasteiger partial charge on any atom is -0.486 e. The lowest BCUT2D eigenvalue weighted by molar-refractivity contribution is -0.119. The summed E-state index contributed by atoms with van der Waals surface area (Å²) in [6.07, 6.45) is -0.400. The molecule has 1 aliphatic heterocycles. The highest BCUT2D eigenvalue weighted by Gasteiger charge is 2.24. The lowest BCUT2D eigenvalue weighted by Gasteiger charge is -2.26. The molecule has 0 saturated carbocycles. The molecule has 9 heteroatoms. The van der Waals surface area contributed by atoms with E-state index in [4.69, 9.17) is 9.47 Å². The number of fused-ring (bicyclic) bond motifs is 1. The maximum Gasteiger partial charge on any atom is 0.250 e. The number of hydrogen-bond donors (Lipinski definition) is 2. The summed E-state index contributed by atoms with van der Waals surface area (Å²) in [7, 11) is -3.63. The smallest absolute Gasteiger partial charge is 0.250 e. The molecule has 1 unspecified atom stereocenters. The zero-order valence-electron chi connectivity index (χ0n) is 13.5. The highest BCUT2D eigenvalue weighted by Crippen LogP contribution is 2.30. The van der Waals surface area contributed by atoms with Crippen molar-refractivity contribution in [3.8, 4) is 11.5 Å². The van der Waals surface area contributed by atoms with E-state index in [-0.39, 0.29) is 23.3 Å². The van der Waals surface area contributed by atoms with Crippen molar-refractivity contribution in [2.24, 2.45) is 0 Å². The van der Waals surface area contributed by atoms with Gasteiger partial charge in [-0.2, -0.15) is 0 Å². The molecular weight excluding hydrogens is 364 g/mol. The zero-order chi connectivity index (χ0) is 17.9. The summed E-state index contributed by atoms with van der Waals surface area (Å²) in [5.41, 5.74) is 0. The van der Waals surface area contributed by atoms with E-state index in [0.717, 1.165) is 16.2 Å². The van der Waals surface area contributed by atoms with Crippen LogP contribution in [-0.4, -0.2) is 33.6 Å². The molecule has 7 nitrogen and oxygen atoms in total. The Morgan fingerprint density at radius 3 is 2.76 bits per heavy atom. The Hall–Kier alpha value is -2.10. The normalized spacial score (nSPS) is 16.4. The molecule has 1 aliphatic rings. The minimum absolute atomic E-state index is 0.107. The first-order chi connectivity index (χ1) is 11.9. The number of hydrogen-bond acceptors (Lipinski definition) is 6. The Morgan fingerprint density at radius 2 is 2.00 bits per heavy atom. The molecule has 1 atom stereocenters. The second kappa shape index (κ2) is 7.42. The van der Waals surface area contributed by atoms with E-state index in [1.54, 1.807) is 18.2 Å². The van der Waals surface area contributed by atoms with Crippen molar-refractivity contribution in [1.29, 1.82) is 0 Å². The summed E-state index contributed by atoms with van der Waals surface area (Å²) in [5.74, 6) is 1.10. The van der Waals surface area contributed by atoms with Gasteiger partial charge in [-0.05, 0) is 24.3 Å². The summed E-state index contributed by atoms with van der Waals surface area (Å²) in [5, 5.41) is 2.64. The van der Waals surface area contributed by atoms with Crippen molar-refractivity contribution in [2.75, 3.05) is 13.2 Å². The Labute approximate surface area is 150 Å².